The third-order valence-corrected chi connectivity index (χ3v) is 8.46. The van der Waals surface area contributed by atoms with E-state index >= 15 is 0 Å². The highest BCUT2D eigenvalue weighted by Gasteiger charge is 2.54. The summed E-state index contributed by atoms with van der Waals surface area (Å²) in [6, 6.07) is 19.5. The van der Waals surface area contributed by atoms with Crippen molar-refractivity contribution in [2.45, 2.75) is 44.0 Å². The molecule has 0 radical (unpaired) electrons. The maximum Gasteiger partial charge on any atom is 0.256 e. The molecule has 0 aliphatic carbocycles. The second-order valence-electron chi connectivity index (χ2n) is 9.95. The molecule has 2 saturated heterocycles. The van der Waals surface area contributed by atoms with E-state index in [1.165, 1.54) is 0 Å². The van der Waals surface area contributed by atoms with Gasteiger partial charge in [0.2, 0.25) is 11.8 Å². The fourth-order valence-corrected chi connectivity index (χ4v) is 6.05. The number of ether oxygens (including phenoxy) is 2. The zero-order chi connectivity index (χ0) is 27.4. The minimum Gasteiger partial charge on any atom is -0.497 e. The largest absolute Gasteiger partial charge is 0.497 e. The quantitative estimate of drug-likeness (QED) is 0.483. The average molecular weight is 548 g/mol. The standard InChI is InChI=1S/C30H33N3O5S/c1-21(22-7-4-3-5-8-22)31-28(35)26-20-38-30(33(26)29(36)23-10-12-24(37-2)13-11-23)14-16-32(17-15-30)27(34)19-25-9-6-18-39-25/h3-13,18,21,26H,14-17,19-20H2,1-2H3,(H,31,35)/t21-,26+/m1/s1. The second kappa shape index (κ2) is 11.6. The topological polar surface area (TPSA) is 88.2 Å². The van der Waals surface area contributed by atoms with Crippen molar-refractivity contribution in [3.05, 3.63) is 88.1 Å². The van der Waals surface area contributed by atoms with Gasteiger partial charge in [-0.2, -0.15) is 0 Å². The van der Waals surface area contributed by atoms with Crippen LogP contribution in [-0.2, 0) is 20.7 Å². The summed E-state index contributed by atoms with van der Waals surface area (Å²) < 4.78 is 11.6. The highest BCUT2D eigenvalue weighted by Crippen LogP contribution is 2.39. The number of thiophene rings is 1. The molecule has 1 spiro atoms. The number of carbonyl (C=O) groups is 3. The molecular formula is C30H33N3O5S. The van der Waals surface area contributed by atoms with Crippen molar-refractivity contribution >= 4 is 29.1 Å². The Kier molecular flexibility index (Phi) is 7.99. The Morgan fingerprint density at radius 3 is 2.41 bits per heavy atom. The Morgan fingerprint density at radius 1 is 1.05 bits per heavy atom. The number of hydrogen-bond acceptors (Lipinski definition) is 6. The molecule has 1 aromatic heterocycles. The summed E-state index contributed by atoms with van der Waals surface area (Å²) in [5.41, 5.74) is 0.463. The molecule has 5 rings (SSSR count). The van der Waals surface area contributed by atoms with Crippen molar-refractivity contribution in [1.82, 2.24) is 15.1 Å². The van der Waals surface area contributed by atoms with E-state index in [0.29, 0.717) is 43.7 Å². The van der Waals surface area contributed by atoms with E-state index in [9.17, 15) is 14.4 Å². The molecule has 3 aromatic rings. The molecule has 204 valence electrons. The van der Waals surface area contributed by atoms with Crippen LogP contribution in [0.4, 0.5) is 0 Å². The first kappa shape index (κ1) is 26.9. The van der Waals surface area contributed by atoms with Gasteiger partial charge in [-0.3, -0.25) is 19.3 Å². The lowest BCUT2D eigenvalue weighted by Gasteiger charge is -2.44. The van der Waals surface area contributed by atoms with Gasteiger partial charge in [-0.15, -0.1) is 11.3 Å². The Hall–Kier alpha value is -3.69. The van der Waals surface area contributed by atoms with Crippen LogP contribution >= 0.6 is 11.3 Å². The lowest BCUT2D eigenvalue weighted by molar-refractivity contribution is -0.143. The fourth-order valence-electron chi connectivity index (χ4n) is 5.35. The zero-order valence-corrected chi connectivity index (χ0v) is 23.0. The third-order valence-electron chi connectivity index (χ3n) is 7.58. The number of carbonyl (C=O) groups excluding carboxylic acids is 3. The lowest BCUT2D eigenvalue weighted by Crippen LogP contribution is -2.60. The predicted octanol–water partition coefficient (Wildman–Crippen LogP) is 4.04. The molecule has 3 amide bonds. The first-order valence-corrected chi connectivity index (χ1v) is 14.1. The second-order valence-corrected chi connectivity index (χ2v) is 11.0. The van der Waals surface area contributed by atoms with Crippen LogP contribution in [0.25, 0.3) is 0 Å². The molecule has 2 aliphatic heterocycles. The van der Waals surface area contributed by atoms with Gasteiger partial charge < -0.3 is 19.7 Å². The van der Waals surface area contributed by atoms with Gasteiger partial charge in [0.1, 0.15) is 17.5 Å². The molecule has 3 heterocycles. The summed E-state index contributed by atoms with van der Waals surface area (Å²) in [5, 5.41) is 5.04. The van der Waals surface area contributed by atoms with Gasteiger partial charge in [-0.1, -0.05) is 36.4 Å². The number of amides is 3. The minimum atomic E-state index is -0.964. The minimum absolute atomic E-state index is 0.0595. The highest BCUT2D eigenvalue weighted by atomic mass is 32.1. The van der Waals surface area contributed by atoms with Crippen molar-refractivity contribution in [3.63, 3.8) is 0 Å². The first-order valence-electron chi connectivity index (χ1n) is 13.2. The number of nitrogens with zero attached hydrogens (tertiary/aromatic N) is 2. The number of benzene rings is 2. The van der Waals surface area contributed by atoms with Gasteiger partial charge in [0.15, 0.2) is 0 Å². The van der Waals surface area contributed by atoms with Crippen LogP contribution in [0, 0.1) is 0 Å². The molecule has 0 saturated carbocycles. The van der Waals surface area contributed by atoms with Crippen molar-refractivity contribution < 1.29 is 23.9 Å². The fraction of sp³-hybridized carbons (Fsp3) is 0.367. The molecule has 0 bridgehead atoms. The molecule has 0 unspecified atom stereocenters. The summed E-state index contributed by atoms with van der Waals surface area (Å²) in [6.45, 7) is 2.92. The molecule has 9 heteroatoms. The molecule has 2 aromatic carbocycles. The van der Waals surface area contributed by atoms with E-state index < -0.39 is 11.8 Å². The maximum absolute atomic E-state index is 14.0. The Morgan fingerprint density at radius 2 is 1.77 bits per heavy atom. The van der Waals surface area contributed by atoms with E-state index in [1.807, 2.05) is 59.7 Å². The molecule has 8 nitrogen and oxygen atoms in total. The number of piperidine rings is 1. The van der Waals surface area contributed by atoms with E-state index in [4.69, 9.17) is 9.47 Å². The molecule has 2 aliphatic rings. The Balaban J connectivity index is 1.36. The van der Waals surface area contributed by atoms with Crippen LogP contribution in [0.2, 0.25) is 0 Å². The molecule has 2 fully saturated rings. The monoisotopic (exact) mass is 547 g/mol. The van der Waals surface area contributed by atoms with Gasteiger partial charge in [-0.25, -0.2) is 0 Å². The smallest absolute Gasteiger partial charge is 0.256 e. The number of nitrogens with one attached hydrogen (secondary N) is 1. The van der Waals surface area contributed by atoms with Gasteiger partial charge in [0, 0.05) is 36.4 Å². The van der Waals surface area contributed by atoms with E-state index in [0.717, 1.165) is 10.4 Å². The summed E-state index contributed by atoms with van der Waals surface area (Å²) in [6.07, 6.45) is 1.23. The maximum atomic E-state index is 14.0. The molecule has 2 atom stereocenters. The first-order chi connectivity index (χ1) is 18.9. The van der Waals surface area contributed by atoms with Crippen LogP contribution in [0.3, 0.4) is 0 Å². The normalized spacial score (nSPS) is 19.1. The number of methoxy groups -OCH3 is 1. The van der Waals surface area contributed by atoms with Gasteiger partial charge in [0.25, 0.3) is 5.91 Å². The average Bonchev–Trinajstić information content (AvgIpc) is 3.61. The predicted molar refractivity (Wildman–Crippen MR) is 148 cm³/mol. The lowest BCUT2D eigenvalue weighted by atomic mass is 9.96. The summed E-state index contributed by atoms with van der Waals surface area (Å²) in [4.78, 5) is 44.9. The van der Waals surface area contributed by atoms with Crippen LogP contribution in [0.1, 0.15) is 46.6 Å². The van der Waals surface area contributed by atoms with Crippen LogP contribution in [-0.4, -0.2) is 66.1 Å². The van der Waals surface area contributed by atoms with Crippen molar-refractivity contribution in [3.8, 4) is 5.75 Å². The van der Waals surface area contributed by atoms with Gasteiger partial charge >= 0.3 is 0 Å². The van der Waals surface area contributed by atoms with Gasteiger partial charge in [0.05, 0.1) is 26.2 Å². The van der Waals surface area contributed by atoms with Crippen molar-refractivity contribution in [2.24, 2.45) is 0 Å². The Labute approximate surface area is 232 Å². The Bertz CT molecular complexity index is 1290. The van der Waals surface area contributed by atoms with E-state index in [2.05, 4.69) is 5.32 Å². The zero-order valence-electron chi connectivity index (χ0n) is 22.2. The summed E-state index contributed by atoms with van der Waals surface area (Å²) in [5.74, 6) is 0.161. The summed E-state index contributed by atoms with van der Waals surface area (Å²) in [7, 11) is 1.57. The van der Waals surface area contributed by atoms with E-state index in [-0.39, 0.29) is 30.4 Å². The van der Waals surface area contributed by atoms with Gasteiger partial charge in [-0.05, 0) is 48.2 Å². The molecule has 1 N–H and O–H groups in total. The number of rotatable bonds is 7. The SMILES string of the molecule is COc1ccc(C(=O)N2[C@H](C(=O)N[C@H](C)c3ccccc3)COC23CCN(C(=O)Cc2cccs2)CC3)cc1. The van der Waals surface area contributed by atoms with E-state index in [1.54, 1.807) is 47.6 Å². The van der Waals surface area contributed by atoms with Crippen LogP contribution in [0.5, 0.6) is 5.75 Å². The van der Waals surface area contributed by atoms with Crippen molar-refractivity contribution in [2.75, 3.05) is 26.8 Å². The number of likely N-dealkylation sites (tertiary alicyclic amines) is 1. The van der Waals surface area contributed by atoms with Crippen molar-refractivity contribution in [1.29, 1.82) is 0 Å². The number of hydrogen-bond donors (Lipinski definition) is 1. The molecular weight excluding hydrogens is 514 g/mol. The highest BCUT2D eigenvalue weighted by molar-refractivity contribution is 7.10. The van der Waals surface area contributed by atoms with Crippen LogP contribution in [0.15, 0.2) is 72.1 Å². The van der Waals surface area contributed by atoms with Crippen LogP contribution < -0.4 is 10.1 Å². The summed E-state index contributed by atoms with van der Waals surface area (Å²) >= 11 is 1.57. The third kappa shape index (κ3) is 5.69. The molecule has 39 heavy (non-hydrogen) atoms.